The molecule has 0 spiro atoms. The van der Waals surface area contributed by atoms with E-state index in [1.54, 1.807) is 6.08 Å². The fraction of sp³-hybridized carbons (Fsp3) is 0.854. The standard InChI is InChI=1S/C48H89O11P/c1-4-5-6-7-20-25-30-35-44(50)36-31-26-23-28-32-37-47(52)56-41-46(42-58-60(54,55)57-40-45(51)39-49)59-48(53)38-33-27-22-19-17-15-13-11-9-8-10-12-14-16-18-21-24-29-34-43(2)3/h20,25,30,35,43,45-46,49,51H,4-19,21-24,26-29,31-34,36-42H2,1-3H3,(H,54,55)/b25-20-,35-30+/t45-,46+/m0/s1. The van der Waals surface area contributed by atoms with Gasteiger partial charge in [-0.2, -0.15) is 0 Å². The van der Waals surface area contributed by atoms with Crippen LogP contribution in [0.3, 0.4) is 0 Å². The minimum Gasteiger partial charge on any atom is -0.462 e. The Bertz CT molecular complexity index is 1130. The minimum absolute atomic E-state index is 0.110. The van der Waals surface area contributed by atoms with Gasteiger partial charge in [0.25, 0.3) is 0 Å². The van der Waals surface area contributed by atoms with Crippen LogP contribution in [0.5, 0.6) is 0 Å². The number of aliphatic hydroxyl groups is 2. The fourth-order valence-electron chi connectivity index (χ4n) is 6.75. The molecule has 0 radical (unpaired) electrons. The maximum absolute atomic E-state index is 12.7. The third-order valence-corrected chi connectivity index (χ3v) is 11.5. The lowest BCUT2D eigenvalue weighted by atomic mass is 10.0. The number of unbranched alkanes of at least 4 members (excludes halogenated alkanes) is 24. The van der Waals surface area contributed by atoms with Crippen molar-refractivity contribution in [3.63, 3.8) is 0 Å². The van der Waals surface area contributed by atoms with E-state index in [1.165, 1.54) is 116 Å². The van der Waals surface area contributed by atoms with Gasteiger partial charge in [-0.05, 0) is 44.1 Å². The van der Waals surface area contributed by atoms with Crippen LogP contribution in [0.15, 0.2) is 24.3 Å². The van der Waals surface area contributed by atoms with Crippen molar-refractivity contribution in [3.8, 4) is 0 Å². The molecule has 0 aliphatic carbocycles. The molecule has 3 atom stereocenters. The number of esters is 2. The van der Waals surface area contributed by atoms with Crippen LogP contribution in [0.2, 0.25) is 0 Å². The van der Waals surface area contributed by atoms with E-state index in [1.807, 2.05) is 12.2 Å². The van der Waals surface area contributed by atoms with Crippen LogP contribution in [0.1, 0.15) is 220 Å². The molecule has 0 aromatic carbocycles. The van der Waals surface area contributed by atoms with Gasteiger partial charge in [0.15, 0.2) is 11.9 Å². The van der Waals surface area contributed by atoms with Crippen LogP contribution in [-0.2, 0) is 37.5 Å². The van der Waals surface area contributed by atoms with Gasteiger partial charge in [0.2, 0.25) is 0 Å². The highest BCUT2D eigenvalue weighted by atomic mass is 31.2. The Hall–Kier alpha value is -1.88. The van der Waals surface area contributed by atoms with E-state index in [4.69, 9.17) is 19.1 Å². The van der Waals surface area contributed by atoms with Crippen LogP contribution >= 0.6 is 7.82 Å². The Labute approximate surface area is 365 Å². The molecule has 0 heterocycles. The number of phosphoric ester groups is 1. The van der Waals surface area contributed by atoms with Gasteiger partial charge in [-0.25, -0.2) is 4.57 Å². The first kappa shape index (κ1) is 58.1. The molecule has 0 aromatic rings. The molecular weight excluding hydrogens is 783 g/mol. The third kappa shape index (κ3) is 42.8. The summed E-state index contributed by atoms with van der Waals surface area (Å²) in [5.41, 5.74) is 0. The maximum atomic E-state index is 12.7. The summed E-state index contributed by atoms with van der Waals surface area (Å²) in [5, 5.41) is 18.4. The van der Waals surface area contributed by atoms with Gasteiger partial charge in [0.1, 0.15) is 12.7 Å². The Morgan fingerprint density at radius 3 is 1.55 bits per heavy atom. The Morgan fingerprint density at radius 1 is 0.583 bits per heavy atom. The lowest BCUT2D eigenvalue weighted by Gasteiger charge is -2.20. The van der Waals surface area contributed by atoms with Crippen LogP contribution in [0, 0.1) is 5.92 Å². The van der Waals surface area contributed by atoms with Crippen molar-refractivity contribution in [3.05, 3.63) is 24.3 Å². The minimum atomic E-state index is -4.64. The number of hydrogen-bond acceptors (Lipinski definition) is 10. The summed E-state index contributed by atoms with van der Waals surface area (Å²) in [7, 11) is -4.64. The summed E-state index contributed by atoms with van der Waals surface area (Å²) in [6.07, 6.45) is 38.2. The summed E-state index contributed by atoms with van der Waals surface area (Å²) in [5.74, 6) is -0.0616. The van der Waals surface area contributed by atoms with Crippen molar-refractivity contribution in [1.82, 2.24) is 0 Å². The lowest BCUT2D eigenvalue weighted by molar-refractivity contribution is -0.161. The average Bonchev–Trinajstić information content (AvgIpc) is 3.22. The van der Waals surface area contributed by atoms with Crippen molar-refractivity contribution in [2.75, 3.05) is 26.4 Å². The predicted molar refractivity (Wildman–Crippen MR) is 243 cm³/mol. The van der Waals surface area contributed by atoms with E-state index in [0.29, 0.717) is 19.3 Å². The van der Waals surface area contributed by atoms with E-state index in [-0.39, 0.29) is 25.2 Å². The molecule has 0 aromatic heterocycles. The lowest BCUT2D eigenvalue weighted by Crippen LogP contribution is -2.29. The molecule has 0 bridgehead atoms. The van der Waals surface area contributed by atoms with E-state index in [2.05, 4.69) is 31.4 Å². The van der Waals surface area contributed by atoms with Crippen molar-refractivity contribution < 1.29 is 52.6 Å². The number of carbonyl (C=O) groups is 3. The Balaban J connectivity index is 4.25. The zero-order valence-electron chi connectivity index (χ0n) is 38.3. The molecule has 60 heavy (non-hydrogen) atoms. The van der Waals surface area contributed by atoms with Crippen LogP contribution in [0.4, 0.5) is 0 Å². The molecule has 12 heteroatoms. The highest BCUT2D eigenvalue weighted by Gasteiger charge is 2.27. The molecule has 3 N–H and O–H groups in total. The summed E-state index contributed by atoms with van der Waals surface area (Å²) in [6, 6.07) is 0. The molecule has 0 aliphatic rings. The largest absolute Gasteiger partial charge is 0.472 e. The first-order valence-corrected chi connectivity index (χ1v) is 25.6. The van der Waals surface area contributed by atoms with Gasteiger partial charge >= 0.3 is 19.8 Å². The molecule has 11 nitrogen and oxygen atoms in total. The van der Waals surface area contributed by atoms with Gasteiger partial charge in [-0.3, -0.25) is 23.4 Å². The Morgan fingerprint density at radius 2 is 1.05 bits per heavy atom. The van der Waals surface area contributed by atoms with Crippen LogP contribution in [-0.4, -0.2) is 71.5 Å². The predicted octanol–water partition coefficient (Wildman–Crippen LogP) is 12.4. The number of allylic oxidation sites excluding steroid dienone is 4. The maximum Gasteiger partial charge on any atom is 0.472 e. The molecule has 0 fully saturated rings. The summed E-state index contributed by atoms with van der Waals surface area (Å²) < 4.78 is 32.7. The molecule has 0 amide bonds. The molecular formula is C48H89O11P. The van der Waals surface area contributed by atoms with E-state index in [9.17, 15) is 28.9 Å². The van der Waals surface area contributed by atoms with Crippen molar-refractivity contribution in [2.45, 2.75) is 232 Å². The monoisotopic (exact) mass is 873 g/mol. The quantitative estimate of drug-likeness (QED) is 0.0175. The second kappa shape index (κ2) is 42.4. The van der Waals surface area contributed by atoms with Gasteiger partial charge in [0, 0.05) is 19.3 Å². The molecule has 0 rings (SSSR count). The zero-order valence-corrected chi connectivity index (χ0v) is 39.2. The van der Waals surface area contributed by atoms with Gasteiger partial charge in [-0.1, -0.05) is 187 Å². The van der Waals surface area contributed by atoms with Crippen LogP contribution in [0.25, 0.3) is 0 Å². The fourth-order valence-corrected chi connectivity index (χ4v) is 7.54. The van der Waals surface area contributed by atoms with Gasteiger partial charge in [-0.15, -0.1) is 0 Å². The van der Waals surface area contributed by atoms with Crippen LogP contribution < -0.4 is 0 Å². The number of rotatable bonds is 45. The SMILES string of the molecule is CCCCC/C=C\C=C\C(=O)CCCCCCCC(=O)OC[C@H](COP(=O)(O)OC[C@@H](O)CO)OC(=O)CCCCCCCCCCCCCCCCCCCCC(C)C. The number of hydrogen-bond donors (Lipinski definition) is 3. The second-order valence-electron chi connectivity index (χ2n) is 17.0. The molecule has 352 valence electrons. The number of phosphoric acid groups is 1. The van der Waals surface area contributed by atoms with E-state index in [0.717, 1.165) is 57.3 Å². The number of aliphatic hydroxyl groups excluding tert-OH is 2. The number of ether oxygens (including phenoxy) is 2. The van der Waals surface area contributed by atoms with Crippen molar-refractivity contribution in [2.24, 2.45) is 5.92 Å². The van der Waals surface area contributed by atoms with Gasteiger partial charge in [0.05, 0.1) is 19.8 Å². The molecule has 1 unspecified atom stereocenters. The smallest absolute Gasteiger partial charge is 0.462 e. The highest BCUT2D eigenvalue weighted by molar-refractivity contribution is 7.47. The summed E-state index contributed by atoms with van der Waals surface area (Å²) in [6.45, 7) is 4.58. The number of carbonyl (C=O) groups excluding carboxylic acids is 3. The first-order chi connectivity index (χ1) is 29.0. The first-order valence-electron chi connectivity index (χ1n) is 24.1. The van der Waals surface area contributed by atoms with E-state index < -0.39 is 51.8 Å². The summed E-state index contributed by atoms with van der Waals surface area (Å²) in [4.78, 5) is 47.1. The zero-order chi connectivity index (χ0) is 44.4. The summed E-state index contributed by atoms with van der Waals surface area (Å²) >= 11 is 0. The van der Waals surface area contributed by atoms with E-state index >= 15 is 0 Å². The molecule has 0 saturated carbocycles. The topological polar surface area (TPSA) is 166 Å². The molecule has 0 aliphatic heterocycles. The number of ketones is 1. The normalized spacial score (nSPS) is 13.9. The van der Waals surface area contributed by atoms with Gasteiger partial charge < -0.3 is 24.6 Å². The average molecular weight is 873 g/mol. The third-order valence-electron chi connectivity index (χ3n) is 10.5. The van der Waals surface area contributed by atoms with Crippen molar-refractivity contribution in [1.29, 1.82) is 0 Å². The van der Waals surface area contributed by atoms with Crippen molar-refractivity contribution >= 4 is 25.5 Å². The Kier molecular flexibility index (Phi) is 41.1. The molecule has 0 saturated heterocycles. The second-order valence-corrected chi connectivity index (χ2v) is 18.5. The highest BCUT2D eigenvalue weighted by Crippen LogP contribution is 2.43.